The molecule has 1 amide bonds. The fourth-order valence-corrected chi connectivity index (χ4v) is 1.91. The van der Waals surface area contributed by atoms with Crippen LogP contribution < -0.4 is 11.1 Å². The van der Waals surface area contributed by atoms with E-state index >= 15 is 0 Å². The second-order valence-corrected chi connectivity index (χ2v) is 4.82. The Morgan fingerprint density at radius 2 is 2.27 bits per heavy atom. The molecule has 22 heavy (non-hydrogen) atoms. The molecular formula is C16H23N3O3. The molecule has 3 N–H and O–H groups in total. The summed E-state index contributed by atoms with van der Waals surface area (Å²) in [6.45, 7) is 0.565. The first kappa shape index (κ1) is 17.8. The normalized spacial score (nSPS) is 12.1. The minimum atomic E-state index is -0.615. The van der Waals surface area contributed by atoms with Gasteiger partial charge in [0.05, 0.1) is 7.11 Å². The van der Waals surface area contributed by atoms with Gasteiger partial charge in [0, 0.05) is 18.8 Å². The third kappa shape index (κ3) is 6.99. The van der Waals surface area contributed by atoms with E-state index in [0.717, 1.165) is 18.4 Å². The second kappa shape index (κ2) is 10.5. The van der Waals surface area contributed by atoms with E-state index in [9.17, 15) is 9.59 Å². The molecule has 0 aliphatic heterocycles. The van der Waals surface area contributed by atoms with Crippen LogP contribution in [0, 0.1) is 0 Å². The van der Waals surface area contributed by atoms with E-state index < -0.39 is 12.0 Å². The van der Waals surface area contributed by atoms with Gasteiger partial charge in [-0.15, -0.1) is 0 Å². The van der Waals surface area contributed by atoms with Crippen molar-refractivity contribution >= 4 is 18.0 Å². The van der Waals surface area contributed by atoms with Crippen LogP contribution in [0.15, 0.2) is 30.6 Å². The lowest BCUT2D eigenvalue weighted by molar-refractivity contribution is -0.145. The third-order valence-corrected chi connectivity index (χ3v) is 3.07. The monoisotopic (exact) mass is 305 g/mol. The Bertz CT molecular complexity index is 489. The summed E-state index contributed by atoms with van der Waals surface area (Å²) in [5, 5.41) is 2.69. The standard InChI is InChI=1S/C16H23N3O3/c1-22-16(21)14(8-2-3-10-17)19-15(20)9-4-6-13-7-5-11-18-12-13/h4-7,11-12,14H,2-3,8-10,17H2,1H3,(H,19,20)/t14-/m0/s1. The Hall–Kier alpha value is -2.21. The maximum absolute atomic E-state index is 11.9. The van der Waals surface area contributed by atoms with Gasteiger partial charge in [0.2, 0.25) is 5.91 Å². The molecule has 120 valence electrons. The van der Waals surface area contributed by atoms with Crippen LogP contribution in [0.5, 0.6) is 0 Å². The Morgan fingerprint density at radius 1 is 1.45 bits per heavy atom. The minimum Gasteiger partial charge on any atom is -0.467 e. The number of amides is 1. The van der Waals surface area contributed by atoms with Crippen molar-refractivity contribution < 1.29 is 14.3 Å². The molecule has 1 atom stereocenters. The number of ether oxygens (including phenoxy) is 1. The van der Waals surface area contributed by atoms with Gasteiger partial charge in [-0.25, -0.2) is 4.79 Å². The molecule has 6 nitrogen and oxygen atoms in total. The van der Waals surface area contributed by atoms with E-state index in [-0.39, 0.29) is 12.3 Å². The first-order valence-corrected chi connectivity index (χ1v) is 7.31. The Labute approximate surface area is 130 Å². The van der Waals surface area contributed by atoms with Gasteiger partial charge in [-0.05, 0) is 37.4 Å². The number of nitrogens with one attached hydrogen (secondary N) is 1. The van der Waals surface area contributed by atoms with Crippen LogP contribution in [0.4, 0.5) is 0 Å². The third-order valence-electron chi connectivity index (χ3n) is 3.07. The molecule has 0 saturated carbocycles. The van der Waals surface area contributed by atoms with Crippen molar-refractivity contribution in [2.75, 3.05) is 13.7 Å². The average Bonchev–Trinajstić information content (AvgIpc) is 2.54. The van der Waals surface area contributed by atoms with Crippen molar-refractivity contribution in [3.05, 3.63) is 36.2 Å². The summed E-state index contributed by atoms with van der Waals surface area (Å²) in [4.78, 5) is 27.5. The molecule has 1 aromatic heterocycles. The summed E-state index contributed by atoms with van der Waals surface area (Å²) < 4.78 is 4.71. The van der Waals surface area contributed by atoms with E-state index in [1.807, 2.05) is 18.2 Å². The molecule has 0 saturated heterocycles. The lowest BCUT2D eigenvalue weighted by Gasteiger charge is -2.15. The summed E-state index contributed by atoms with van der Waals surface area (Å²) in [5.74, 6) is -0.648. The number of nitrogens with zero attached hydrogens (tertiary/aromatic N) is 1. The number of methoxy groups -OCH3 is 1. The quantitative estimate of drug-likeness (QED) is 0.529. The molecule has 0 fully saturated rings. The molecule has 0 aliphatic carbocycles. The lowest BCUT2D eigenvalue weighted by Crippen LogP contribution is -2.41. The number of hydrogen-bond acceptors (Lipinski definition) is 5. The predicted molar refractivity (Wildman–Crippen MR) is 84.7 cm³/mol. The predicted octanol–water partition coefficient (Wildman–Crippen LogP) is 1.27. The number of nitrogens with two attached hydrogens (primary N) is 1. The molecule has 0 aliphatic rings. The van der Waals surface area contributed by atoms with Crippen LogP contribution >= 0.6 is 0 Å². The zero-order valence-corrected chi connectivity index (χ0v) is 12.8. The molecule has 1 rings (SSSR count). The highest BCUT2D eigenvalue weighted by Crippen LogP contribution is 2.04. The molecule has 0 radical (unpaired) electrons. The van der Waals surface area contributed by atoms with Crippen molar-refractivity contribution in [3.63, 3.8) is 0 Å². The van der Waals surface area contributed by atoms with Gasteiger partial charge in [0.25, 0.3) is 0 Å². The lowest BCUT2D eigenvalue weighted by atomic mass is 10.1. The van der Waals surface area contributed by atoms with Gasteiger partial charge >= 0.3 is 5.97 Å². The van der Waals surface area contributed by atoms with Crippen LogP contribution in [0.3, 0.4) is 0 Å². The second-order valence-electron chi connectivity index (χ2n) is 4.82. The zero-order valence-electron chi connectivity index (χ0n) is 12.8. The van der Waals surface area contributed by atoms with Gasteiger partial charge in [-0.3, -0.25) is 9.78 Å². The van der Waals surface area contributed by atoms with Gasteiger partial charge in [-0.1, -0.05) is 18.2 Å². The number of pyridine rings is 1. The molecule has 0 spiro atoms. The number of hydrogen-bond donors (Lipinski definition) is 2. The maximum Gasteiger partial charge on any atom is 0.328 e. The van der Waals surface area contributed by atoms with Crippen molar-refractivity contribution in [1.82, 2.24) is 10.3 Å². The first-order chi connectivity index (χ1) is 10.7. The van der Waals surface area contributed by atoms with E-state index in [4.69, 9.17) is 10.5 Å². The molecule has 1 heterocycles. The maximum atomic E-state index is 11.9. The van der Waals surface area contributed by atoms with E-state index in [0.29, 0.717) is 13.0 Å². The van der Waals surface area contributed by atoms with Gasteiger partial charge in [0.1, 0.15) is 6.04 Å². The number of carbonyl (C=O) groups excluding carboxylic acids is 2. The molecule has 0 unspecified atom stereocenters. The fraction of sp³-hybridized carbons (Fsp3) is 0.438. The van der Waals surface area contributed by atoms with Crippen LogP contribution in [0.1, 0.15) is 31.2 Å². The highest BCUT2D eigenvalue weighted by Gasteiger charge is 2.20. The van der Waals surface area contributed by atoms with Crippen molar-refractivity contribution in [1.29, 1.82) is 0 Å². The van der Waals surface area contributed by atoms with Crippen LogP contribution in [0.2, 0.25) is 0 Å². The summed E-state index contributed by atoms with van der Waals surface area (Å²) in [6.07, 6.45) is 9.24. The smallest absolute Gasteiger partial charge is 0.328 e. The van der Waals surface area contributed by atoms with Crippen LogP contribution in [-0.4, -0.2) is 36.6 Å². The number of aromatic nitrogens is 1. The number of rotatable bonds is 9. The number of carbonyl (C=O) groups is 2. The van der Waals surface area contributed by atoms with Crippen LogP contribution in [0.25, 0.3) is 6.08 Å². The Kier molecular flexibility index (Phi) is 8.52. The fourth-order valence-electron chi connectivity index (χ4n) is 1.91. The van der Waals surface area contributed by atoms with Gasteiger partial charge in [-0.2, -0.15) is 0 Å². The summed E-state index contributed by atoms with van der Waals surface area (Å²) in [5.41, 5.74) is 6.35. The van der Waals surface area contributed by atoms with E-state index in [1.165, 1.54) is 7.11 Å². The SMILES string of the molecule is COC(=O)[C@H](CCCCN)NC(=O)CC=Cc1cccnc1. The number of esters is 1. The van der Waals surface area contributed by atoms with Gasteiger partial charge in [0.15, 0.2) is 0 Å². The van der Waals surface area contributed by atoms with E-state index in [1.54, 1.807) is 18.5 Å². The molecule has 0 aromatic carbocycles. The van der Waals surface area contributed by atoms with Gasteiger partial charge < -0.3 is 15.8 Å². The van der Waals surface area contributed by atoms with Crippen molar-refractivity contribution in [2.45, 2.75) is 31.7 Å². The largest absolute Gasteiger partial charge is 0.467 e. The average molecular weight is 305 g/mol. The minimum absolute atomic E-state index is 0.194. The number of unbranched alkanes of at least 4 members (excludes halogenated alkanes) is 1. The first-order valence-electron chi connectivity index (χ1n) is 7.31. The topological polar surface area (TPSA) is 94.3 Å². The molecule has 0 bridgehead atoms. The Morgan fingerprint density at radius 3 is 2.91 bits per heavy atom. The molecule has 6 heteroatoms. The van der Waals surface area contributed by atoms with Crippen LogP contribution in [-0.2, 0) is 14.3 Å². The van der Waals surface area contributed by atoms with E-state index in [2.05, 4.69) is 10.3 Å². The zero-order chi connectivity index (χ0) is 16.2. The Balaban J connectivity index is 2.45. The summed E-state index contributed by atoms with van der Waals surface area (Å²) in [6, 6.07) is 3.10. The van der Waals surface area contributed by atoms with Crippen molar-refractivity contribution in [3.8, 4) is 0 Å². The summed E-state index contributed by atoms with van der Waals surface area (Å²) in [7, 11) is 1.31. The van der Waals surface area contributed by atoms with Crippen molar-refractivity contribution in [2.24, 2.45) is 5.73 Å². The highest BCUT2D eigenvalue weighted by atomic mass is 16.5. The summed E-state index contributed by atoms with van der Waals surface area (Å²) >= 11 is 0. The highest BCUT2D eigenvalue weighted by molar-refractivity contribution is 5.85. The molecular weight excluding hydrogens is 282 g/mol. The molecule has 1 aromatic rings.